The van der Waals surface area contributed by atoms with Crippen LogP contribution in [-0.2, 0) is 19.0 Å². The molecule has 8 nitrogen and oxygen atoms in total. The van der Waals surface area contributed by atoms with E-state index in [1.165, 1.54) is 0 Å². The zero-order chi connectivity index (χ0) is 16.8. The highest BCUT2D eigenvalue weighted by atomic mass is 16.7. The number of β-lactam (4-membered cyclic amide) rings is 1. The third-order valence-corrected chi connectivity index (χ3v) is 4.19. The first-order valence-corrected chi connectivity index (χ1v) is 8.15. The average Bonchev–Trinajstić information content (AvgIpc) is 2.51. The molecule has 132 valence electrons. The molecule has 0 spiro atoms. The van der Waals surface area contributed by atoms with Gasteiger partial charge < -0.3 is 30.0 Å². The molecule has 2 heterocycles. The Hall–Kier alpha value is -1.38. The Bertz CT molecular complexity index is 413. The first kappa shape index (κ1) is 18.0. The molecule has 0 bridgehead atoms. The minimum Gasteiger partial charge on any atom is -0.444 e. The predicted octanol–water partition coefficient (Wildman–Crippen LogP) is 0.140. The Morgan fingerprint density at radius 1 is 1.43 bits per heavy atom. The van der Waals surface area contributed by atoms with E-state index in [4.69, 9.17) is 19.3 Å². The van der Waals surface area contributed by atoms with Crippen LogP contribution in [0.4, 0.5) is 4.79 Å². The molecule has 2 aliphatic rings. The number of ether oxygens (including phenoxy) is 3. The van der Waals surface area contributed by atoms with Gasteiger partial charge in [-0.2, -0.15) is 0 Å². The lowest BCUT2D eigenvalue weighted by Crippen LogP contribution is -2.67. The van der Waals surface area contributed by atoms with Crippen LogP contribution in [0.15, 0.2) is 0 Å². The number of carbonyl (C=O) groups is 2. The van der Waals surface area contributed by atoms with Gasteiger partial charge in [0.2, 0.25) is 5.91 Å². The number of alkyl carbamates (subject to hydrolysis) is 1. The maximum Gasteiger partial charge on any atom is 0.407 e. The topological polar surface area (TPSA) is 106 Å². The van der Waals surface area contributed by atoms with Crippen LogP contribution in [0.5, 0.6) is 0 Å². The molecule has 8 heteroatoms. The van der Waals surface area contributed by atoms with E-state index in [9.17, 15) is 9.59 Å². The number of aliphatic hydroxyl groups excluding tert-OH is 1. The zero-order valence-corrected chi connectivity index (χ0v) is 13.6. The number of amides is 2. The van der Waals surface area contributed by atoms with Gasteiger partial charge in [0.15, 0.2) is 6.29 Å². The van der Waals surface area contributed by atoms with E-state index in [-0.39, 0.29) is 43.4 Å². The van der Waals surface area contributed by atoms with Crippen molar-refractivity contribution in [2.24, 2.45) is 5.92 Å². The van der Waals surface area contributed by atoms with Crippen molar-refractivity contribution in [3.05, 3.63) is 0 Å². The fourth-order valence-corrected chi connectivity index (χ4v) is 2.92. The van der Waals surface area contributed by atoms with E-state index < -0.39 is 12.2 Å². The largest absolute Gasteiger partial charge is 0.444 e. The van der Waals surface area contributed by atoms with Crippen molar-refractivity contribution < 1.29 is 28.9 Å². The second-order valence-corrected chi connectivity index (χ2v) is 5.96. The van der Waals surface area contributed by atoms with E-state index in [1.54, 1.807) is 6.92 Å². The third-order valence-electron chi connectivity index (χ3n) is 4.19. The number of carbonyl (C=O) groups excluding carboxylic acids is 2. The minimum absolute atomic E-state index is 0.107. The molecule has 0 saturated carbocycles. The van der Waals surface area contributed by atoms with Gasteiger partial charge in [0.25, 0.3) is 0 Å². The van der Waals surface area contributed by atoms with Crippen LogP contribution in [-0.4, -0.2) is 61.4 Å². The number of nitrogens with one attached hydrogen (secondary N) is 2. The van der Waals surface area contributed by atoms with Gasteiger partial charge in [-0.15, -0.1) is 0 Å². The zero-order valence-electron chi connectivity index (χ0n) is 13.6. The van der Waals surface area contributed by atoms with Crippen molar-refractivity contribution in [3.8, 4) is 0 Å². The summed E-state index contributed by atoms with van der Waals surface area (Å²) in [5, 5.41) is 13.8. The van der Waals surface area contributed by atoms with Crippen molar-refractivity contribution >= 4 is 12.0 Å². The highest BCUT2D eigenvalue weighted by Gasteiger charge is 2.48. The van der Waals surface area contributed by atoms with Gasteiger partial charge in [0.1, 0.15) is 6.10 Å². The van der Waals surface area contributed by atoms with Gasteiger partial charge in [-0.05, 0) is 33.1 Å². The maximum absolute atomic E-state index is 11.9. The van der Waals surface area contributed by atoms with E-state index in [0.717, 1.165) is 19.3 Å². The van der Waals surface area contributed by atoms with Crippen LogP contribution in [0.25, 0.3) is 0 Å². The van der Waals surface area contributed by atoms with Crippen LogP contribution in [0.3, 0.4) is 0 Å². The van der Waals surface area contributed by atoms with Crippen molar-refractivity contribution in [3.63, 3.8) is 0 Å². The molecule has 3 N–H and O–H groups in total. The molecule has 0 radical (unpaired) electrons. The summed E-state index contributed by atoms with van der Waals surface area (Å²) in [6.45, 7) is 4.22. The van der Waals surface area contributed by atoms with Gasteiger partial charge in [-0.1, -0.05) is 0 Å². The number of hydrogen-bond donors (Lipinski definition) is 3. The lowest BCUT2D eigenvalue weighted by Gasteiger charge is -2.43. The lowest BCUT2D eigenvalue weighted by atomic mass is 9.83. The Balaban J connectivity index is 1.82. The van der Waals surface area contributed by atoms with E-state index in [1.807, 2.05) is 6.92 Å². The first-order chi connectivity index (χ1) is 11.0. The molecule has 2 aliphatic heterocycles. The normalized spacial score (nSPS) is 29.9. The van der Waals surface area contributed by atoms with Crippen LogP contribution in [0, 0.1) is 5.92 Å². The van der Waals surface area contributed by atoms with Crippen molar-refractivity contribution in [1.82, 2.24) is 10.6 Å². The van der Waals surface area contributed by atoms with Crippen LogP contribution in [0.2, 0.25) is 0 Å². The standard InChI is InChI=1S/C15H26N2O6/c1-9(22-11-5-3-4-8-21-11)12-13(17-14(12)19)10(2)23-15(20)16-6-7-18/h9-13,18H,3-8H2,1-2H3,(H,16,20)(H,17,19)/t9-,10+,11?,12-,13-/m1/s1. The molecule has 0 aromatic carbocycles. The van der Waals surface area contributed by atoms with Crippen LogP contribution in [0.1, 0.15) is 33.1 Å². The minimum atomic E-state index is -0.615. The highest BCUT2D eigenvalue weighted by molar-refractivity contribution is 5.86. The molecule has 2 amide bonds. The molecular formula is C15H26N2O6. The molecule has 2 rings (SSSR count). The third kappa shape index (κ3) is 4.79. The summed E-state index contributed by atoms with van der Waals surface area (Å²) < 4.78 is 16.6. The molecule has 2 fully saturated rings. The molecule has 1 unspecified atom stereocenters. The molecule has 5 atom stereocenters. The summed E-state index contributed by atoms with van der Waals surface area (Å²) in [7, 11) is 0. The number of hydrogen-bond acceptors (Lipinski definition) is 6. The molecule has 23 heavy (non-hydrogen) atoms. The monoisotopic (exact) mass is 330 g/mol. The summed E-state index contributed by atoms with van der Waals surface area (Å²) in [6.07, 6.45) is 1.24. The Kier molecular flexibility index (Phi) is 6.61. The fourth-order valence-electron chi connectivity index (χ4n) is 2.92. The van der Waals surface area contributed by atoms with Crippen molar-refractivity contribution in [2.45, 2.75) is 57.6 Å². The maximum atomic E-state index is 11.9. The van der Waals surface area contributed by atoms with Gasteiger partial charge in [-0.3, -0.25) is 4.79 Å². The first-order valence-electron chi connectivity index (χ1n) is 8.15. The fraction of sp³-hybridized carbons (Fsp3) is 0.867. The smallest absolute Gasteiger partial charge is 0.407 e. The quantitative estimate of drug-likeness (QED) is 0.573. The van der Waals surface area contributed by atoms with Gasteiger partial charge >= 0.3 is 6.09 Å². The van der Waals surface area contributed by atoms with E-state index in [2.05, 4.69) is 10.6 Å². The van der Waals surface area contributed by atoms with E-state index >= 15 is 0 Å². The highest BCUT2D eigenvalue weighted by Crippen LogP contribution is 2.27. The van der Waals surface area contributed by atoms with Crippen molar-refractivity contribution in [2.75, 3.05) is 19.8 Å². The Labute approximate surface area is 135 Å². The Morgan fingerprint density at radius 3 is 2.83 bits per heavy atom. The van der Waals surface area contributed by atoms with Crippen molar-refractivity contribution in [1.29, 1.82) is 0 Å². The number of aliphatic hydroxyl groups is 1. The van der Waals surface area contributed by atoms with E-state index in [0.29, 0.717) is 6.61 Å². The summed E-state index contributed by atoms with van der Waals surface area (Å²) >= 11 is 0. The van der Waals surface area contributed by atoms with Crippen LogP contribution < -0.4 is 10.6 Å². The van der Waals surface area contributed by atoms with Gasteiger partial charge in [-0.25, -0.2) is 4.79 Å². The lowest BCUT2D eigenvalue weighted by molar-refractivity contribution is -0.205. The SMILES string of the molecule is C[C@H](OC(=O)NCCO)[C@H]1NC(=O)[C@@H]1[C@@H](C)OC1CCCCO1. The second-order valence-electron chi connectivity index (χ2n) is 5.96. The molecule has 0 aromatic rings. The van der Waals surface area contributed by atoms with Gasteiger partial charge in [0.05, 0.1) is 24.7 Å². The summed E-state index contributed by atoms with van der Waals surface area (Å²) in [5.74, 6) is -0.481. The van der Waals surface area contributed by atoms with Crippen LogP contribution >= 0.6 is 0 Å². The van der Waals surface area contributed by atoms with Gasteiger partial charge in [0, 0.05) is 13.2 Å². The summed E-state index contributed by atoms with van der Waals surface area (Å²) in [6, 6.07) is -0.291. The summed E-state index contributed by atoms with van der Waals surface area (Å²) in [5.41, 5.74) is 0. The predicted molar refractivity (Wildman–Crippen MR) is 80.6 cm³/mol. The number of rotatable bonds is 7. The molecule has 2 saturated heterocycles. The Morgan fingerprint density at radius 2 is 2.22 bits per heavy atom. The molecule has 0 aliphatic carbocycles. The molecule has 0 aromatic heterocycles. The summed E-state index contributed by atoms with van der Waals surface area (Å²) in [4.78, 5) is 23.4. The molecular weight excluding hydrogens is 304 g/mol. The average molecular weight is 330 g/mol. The second kappa shape index (κ2) is 8.47.